The molecule has 0 saturated heterocycles. The Kier molecular flexibility index (Phi) is 2.10. The highest BCUT2D eigenvalue weighted by molar-refractivity contribution is 7.99. The van der Waals surface area contributed by atoms with Crippen molar-refractivity contribution in [2.45, 2.75) is 38.4 Å². The average molecular weight is 144 g/mol. The lowest BCUT2D eigenvalue weighted by Gasteiger charge is -2.24. The molecule has 54 valence electrons. The molecule has 1 unspecified atom stereocenters. The van der Waals surface area contributed by atoms with Crippen molar-refractivity contribution >= 4 is 11.8 Å². The van der Waals surface area contributed by atoms with E-state index >= 15 is 0 Å². The Balaban J connectivity index is 2.52. The minimum absolute atomic E-state index is 0.624. The minimum atomic E-state index is 0.624. The van der Waals surface area contributed by atoms with Crippen LogP contribution >= 0.6 is 11.8 Å². The van der Waals surface area contributed by atoms with E-state index < -0.39 is 0 Å². The van der Waals surface area contributed by atoms with Crippen LogP contribution < -0.4 is 0 Å². The van der Waals surface area contributed by atoms with Gasteiger partial charge in [-0.3, -0.25) is 0 Å². The fourth-order valence-corrected chi connectivity index (χ4v) is 2.89. The average Bonchev–Trinajstić information content (AvgIpc) is 2.08. The van der Waals surface area contributed by atoms with Gasteiger partial charge < -0.3 is 0 Å². The molecule has 0 aliphatic heterocycles. The molecule has 0 radical (unpaired) electrons. The van der Waals surface area contributed by atoms with E-state index in [1.807, 2.05) is 11.8 Å². The van der Waals surface area contributed by atoms with Gasteiger partial charge in [-0.25, -0.2) is 0 Å². The maximum absolute atomic E-state index is 2.39. The van der Waals surface area contributed by atoms with E-state index in [1.165, 1.54) is 19.3 Å². The molecule has 0 aromatic carbocycles. The van der Waals surface area contributed by atoms with Crippen molar-refractivity contribution in [3.63, 3.8) is 0 Å². The van der Waals surface area contributed by atoms with E-state index in [9.17, 15) is 0 Å². The van der Waals surface area contributed by atoms with Gasteiger partial charge in [-0.15, -0.1) is 0 Å². The quantitative estimate of drug-likeness (QED) is 0.545. The Hall–Kier alpha value is 0.350. The normalized spacial score (nSPS) is 33.0. The Bertz CT molecular complexity index is 96.7. The topological polar surface area (TPSA) is 0 Å². The largest absolute Gasteiger partial charge is 0.161 e. The van der Waals surface area contributed by atoms with Gasteiger partial charge in [0.15, 0.2) is 0 Å². The summed E-state index contributed by atoms with van der Waals surface area (Å²) in [5.74, 6) is 0. The van der Waals surface area contributed by atoms with Gasteiger partial charge in [0.1, 0.15) is 0 Å². The molecule has 1 saturated carbocycles. The molecule has 1 atom stereocenters. The van der Waals surface area contributed by atoms with Crippen molar-refractivity contribution in [1.29, 1.82) is 0 Å². The number of rotatable bonds is 1. The molecule has 1 aliphatic carbocycles. The third kappa shape index (κ3) is 1.43. The van der Waals surface area contributed by atoms with Gasteiger partial charge in [0.2, 0.25) is 0 Å². The Labute approximate surface area is 62.4 Å². The highest BCUT2D eigenvalue weighted by Gasteiger charge is 2.33. The van der Waals surface area contributed by atoms with Crippen molar-refractivity contribution in [2.24, 2.45) is 5.41 Å². The molecule has 1 rings (SSSR count). The van der Waals surface area contributed by atoms with E-state index in [0.717, 1.165) is 5.25 Å². The predicted molar refractivity (Wildman–Crippen MR) is 44.9 cm³/mol. The summed E-state index contributed by atoms with van der Waals surface area (Å²) in [5, 5.41) is 0.928. The summed E-state index contributed by atoms with van der Waals surface area (Å²) < 4.78 is 0. The third-order valence-corrected chi connectivity index (χ3v) is 3.89. The van der Waals surface area contributed by atoms with Crippen LogP contribution in [0.5, 0.6) is 0 Å². The first-order valence-electron chi connectivity index (χ1n) is 3.69. The smallest absolute Gasteiger partial charge is 0.00954 e. The molecule has 0 aromatic heterocycles. The van der Waals surface area contributed by atoms with Crippen molar-refractivity contribution < 1.29 is 0 Å². The number of hydrogen-bond donors (Lipinski definition) is 0. The summed E-state index contributed by atoms with van der Waals surface area (Å²) in [6, 6.07) is 0. The second kappa shape index (κ2) is 2.53. The molecule has 1 fully saturated rings. The fourth-order valence-electron chi connectivity index (χ4n) is 1.73. The maximum Gasteiger partial charge on any atom is 0.00954 e. The van der Waals surface area contributed by atoms with E-state index in [-0.39, 0.29) is 0 Å². The SMILES string of the molecule is CSC1CCCC1(C)C. The Morgan fingerprint density at radius 1 is 1.44 bits per heavy atom. The molecule has 0 amide bonds. The zero-order valence-electron chi connectivity index (χ0n) is 6.61. The molecule has 0 spiro atoms. The van der Waals surface area contributed by atoms with Gasteiger partial charge in [-0.1, -0.05) is 20.3 Å². The maximum atomic E-state index is 2.39. The van der Waals surface area contributed by atoms with E-state index in [4.69, 9.17) is 0 Å². The minimum Gasteiger partial charge on any atom is -0.161 e. The Morgan fingerprint density at radius 3 is 2.33 bits per heavy atom. The number of hydrogen-bond acceptors (Lipinski definition) is 1. The zero-order valence-corrected chi connectivity index (χ0v) is 7.42. The lowest BCUT2D eigenvalue weighted by molar-refractivity contribution is 0.393. The molecular formula is C8H16S. The van der Waals surface area contributed by atoms with Gasteiger partial charge >= 0.3 is 0 Å². The van der Waals surface area contributed by atoms with Crippen LogP contribution in [0.3, 0.4) is 0 Å². The lowest BCUT2D eigenvalue weighted by Crippen LogP contribution is -2.18. The molecule has 0 N–H and O–H groups in total. The fraction of sp³-hybridized carbons (Fsp3) is 1.00. The highest BCUT2D eigenvalue weighted by atomic mass is 32.2. The number of thioether (sulfide) groups is 1. The van der Waals surface area contributed by atoms with Gasteiger partial charge in [0.25, 0.3) is 0 Å². The molecule has 0 bridgehead atoms. The second-order valence-electron chi connectivity index (χ2n) is 3.61. The van der Waals surface area contributed by atoms with Gasteiger partial charge in [0, 0.05) is 5.25 Å². The van der Waals surface area contributed by atoms with Crippen LogP contribution in [0.4, 0.5) is 0 Å². The van der Waals surface area contributed by atoms with Crippen LogP contribution in [0, 0.1) is 5.41 Å². The van der Waals surface area contributed by atoms with Gasteiger partial charge in [-0.05, 0) is 24.5 Å². The molecule has 0 nitrogen and oxygen atoms in total. The summed E-state index contributed by atoms with van der Waals surface area (Å²) in [6.07, 6.45) is 6.54. The third-order valence-electron chi connectivity index (χ3n) is 2.44. The first-order valence-corrected chi connectivity index (χ1v) is 4.98. The predicted octanol–water partition coefficient (Wildman–Crippen LogP) is 2.93. The van der Waals surface area contributed by atoms with Crippen molar-refractivity contribution in [1.82, 2.24) is 0 Å². The Morgan fingerprint density at radius 2 is 2.11 bits per heavy atom. The van der Waals surface area contributed by atoms with Crippen LogP contribution in [0.2, 0.25) is 0 Å². The van der Waals surface area contributed by atoms with Crippen molar-refractivity contribution in [2.75, 3.05) is 6.26 Å². The summed E-state index contributed by atoms with van der Waals surface area (Å²) in [5.41, 5.74) is 0.624. The zero-order chi connectivity index (χ0) is 6.91. The monoisotopic (exact) mass is 144 g/mol. The van der Waals surface area contributed by atoms with Gasteiger partial charge in [0.05, 0.1) is 0 Å². The van der Waals surface area contributed by atoms with Crippen molar-refractivity contribution in [3.8, 4) is 0 Å². The standard InChI is InChI=1S/C8H16S/c1-8(2)6-4-5-7(8)9-3/h7H,4-6H2,1-3H3. The molecule has 1 heteroatoms. The second-order valence-corrected chi connectivity index (χ2v) is 4.65. The van der Waals surface area contributed by atoms with Crippen LogP contribution in [0.25, 0.3) is 0 Å². The molecule has 0 aromatic rings. The summed E-state index contributed by atoms with van der Waals surface area (Å²) >= 11 is 2.04. The molecule has 9 heavy (non-hydrogen) atoms. The van der Waals surface area contributed by atoms with Crippen LogP contribution in [-0.2, 0) is 0 Å². The summed E-state index contributed by atoms with van der Waals surface area (Å²) in [6.45, 7) is 4.78. The van der Waals surface area contributed by atoms with E-state index in [0.29, 0.717) is 5.41 Å². The first kappa shape index (κ1) is 7.46. The summed E-state index contributed by atoms with van der Waals surface area (Å²) in [4.78, 5) is 0. The van der Waals surface area contributed by atoms with Crippen LogP contribution in [-0.4, -0.2) is 11.5 Å². The van der Waals surface area contributed by atoms with Crippen LogP contribution in [0.1, 0.15) is 33.1 Å². The van der Waals surface area contributed by atoms with Gasteiger partial charge in [-0.2, -0.15) is 11.8 Å². The molecular weight excluding hydrogens is 128 g/mol. The molecule has 0 heterocycles. The summed E-state index contributed by atoms with van der Waals surface area (Å²) in [7, 11) is 0. The van der Waals surface area contributed by atoms with E-state index in [2.05, 4.69) is 20.1 Å². The van der Waals surface area contributed by atoms with Crippen molar-refractivity contribution in [3.05, 3.63) is 0 Å². The lowest BCUT2D eigenvalue weighted by atomic mass is 9.92. The van der Waals surface area contributed by atoms with Crippen LogP contribution in [0.15, 0.2) is 0 Å². The van der Waals surface area contributed by atoms with E-state index in [1.54, 1.807) is 0 Å². The first-order chi connectivity index (χ1) is 4.17. The highest BCUT2D eigenvalue weighted by Crippen LogP contribution is 2.43. The molecule has 1 aliphatic rings.